The fourth-order valence-electron chi connectivity index (χ4n) is 2.64. The topological polar surface area (TPSA) is 75.6 Å². The van der Waals surface area contributed by atoms with Crippen LogP contribution in [0.2, 0.25) is 5.02 Å². The van der Waals surface area contributed by atoms with E-state index in [0.29, 0.717) is 27.6 Å². The van der Waals surface area contributed by atoms with Gasteiger partial charge in [-0.3, -0.25) is 9.59 Å². The highest BCUT2D eigenvalue weighted by atomic mass is 35.5. The Morgan fingerprint density at radius 2 is 2.04 bits per heavy atom. The zero-order valence-electron chi connectivity index (χ0n) is 12.3. The van der Waals surface area contributed by atoms with E-state index in [9.17, 15) is 14.7 Å². The van der Waals surface area contributed by atoms with Crippen LogP contribution in [-0.4, -0.2) is 23.9 Å². The molecule has 0 fully saturated rings. The second-order valence-electron chi connectivity index (χ2n) is 5.31. The second kappa shape index (κ2) is 5.68. The van der Waals surface area contributed by atoms with Crippen molar-refractivity contribution in [1.29, 1.82) is 0 Å². The Labute approximate surface area is 137 Å². The fourth-order valence-corrected chi connectivity index (χ4v) is 2.86. The molecule has 1 heterocycles. The average Bonchev–Trinajstić information content (AvgIpc) is 2.80. The van der Waals surface area contributed by atoms with Crippen LogP contribution in [0.25, 0.3) is 0 Å². The molecule has 5 nitrogen and oxygen atoms in total. The molecule has 2 aromatic carbocycles. The summed E-state index contributed by atoms with van der Waals surface area (Å²) in [7, 11) is 1.50. The Hall–Kier alpha value is -2.37. The number of benzene rings is 2. The molecule has 1 atom stereocenters. The van der Waals surface area contributed by atoms with Crippen molar-refractivity contribution in [3.05, 3.63) is 58.6 Å². The Morgan fingerprint density at radius 1 is 1.30 bits per heavy atom. The molecule has 118 valence electrons. The summed E-state index contributed by atoms with van der Waals surface area (Å²) >= 11 is 6.03. The molecule has 23 heavy (non-hydrogen) atoms. The molecule has 6 heteroatoms. The van der Waals surface area contributed by atoms with Crippen molar-refractivity contribution in [2.75, 3.05) is 12.4 Å². The number of amides is 1. The van der Waals surface area contributed by atoms with Gasteiger partial charge in [-0.1, -0.05) is 35.9 Å². The molecule has 0 radical (unpaired) electrons. The predicted octanol–water partition coefficient (Wildman–Crippen LogP) is 2.76. The van der Waals surface area contributed by atoms with Crippen LogP contribution in [0.3, 0.4) is 0 Å². The van der Waals surface area contributed by atoms with Crippen molar-refractivity contribution in [2.24, 2.45) is 0 Å². The molecular weight excluding hydrogens is 318 g/mol. The van der Waals surface area contributed by atoms with E-state index in [2.05, 4.69) is 5.32 Å². The van der Waals surface area contributed by atoms with Gasteiger partial charge in [0.05, 0.1) is 24.2 Å². The number of rotatable bonds is 4. The lowest BCUT2D eigenvalue weighted by atomic mass is 9.88. The first-order valence-corrected chi connectivity index (χ1v) is 7.33. The van der Waals surface area contributed by atoms with Crippen LogP contribution in [-0.2, 0) is 10.4 Å². The molecule has 2 N–H and O–H groups in total. The normalized spacial score (nSPS) is 19.2. The van der Waals surface area contributed by atoms with Gasteiger partial charge in [-0.15, -0.1) is 0 Å². The van der Waals surface area contributed by atoms with Crippen LogP contribution in [0, 0.1) is 0 Å². The quantitative estimate of drug-likeness (QED) is 0.845. The number of halogens is 1. The summed E-state index contributed by atoms with van der Waals surface area (Å²) in [6, 6.07) is 11.4. The van der Waals surface area contributed by atoms with Gasteiger partial charge in [0.1, 0.15) is 5.75 Å². The maximum Gasteiger partial charge on any atom is 0.261 e. The molecule has 0 saturated carbocycles. The molecule has 1 unspecified atom stereocenters. The van der Waals surface area contributed by atoms with E-state index in [4.69, 9.17) is 16.3 Å². The Balaban J connectivity index is 1.94. The van der Waals surface area contributed by atoms with Gasteiger partial charge in [0.2, 0.25) is 0 Å². The fraction of sp³-hybridized carbons (Fsp3) is 0.176. The zero-order valence-corrected chi connectivity index (χ0v) is 13.1. The van der Waals surface area contributed by atoms with Crippen molar-refractivity contribution in [3.8, 4) is 5.75 Å². The standard InChI is InChI=1S/C17H14ClNO4/c1-23-11-5-2-4-10(8-11)14(20)9-17(22)12-6-3-7-13(18)15(12)19-16(17)21/h2-8,22H,9H2,1H3,(H,19,21). The minimum absolute atomic E-state index is 0.311. The van der Waals surface area contributed by atoms with E-state index in [1.807, 2.05) is 0 Å². The first-order valence-electron chi connectivity index (χ1n) is 6.96. The van der Waals surface area contributed by atoms with Gasteiger partial charge in [0.25, 0.3) is 5.91 Å². The van der Waals surface area contributed by atoms with Crippen LogP contribution >= 0.6 is 11.6 Å². The molecule has 1 aliphatic heterocycles. The molecule has 0 bridgehead atoms. The molecule has 1 amide bonds. The Bertz CT molecular complexity index is 805. The van der Waals surface area contributed by atoms with Crippen molar-refractivity contribution in [1.82, 2.24) is 0 Å². The average molecular weight is 332 g/mol. The van der Waals surface area contributed by atoms with E-state index in [1.165, 1.54) is 7.11 Å². The highest BCUT2D eigenvalue weighted by molar-refractivity contribution is 6.34. The maximum absolute atomic E-state index is 12.5. The summed E-state index contributed by atoms with van der Waals surface area (Å²) in [5.74, 6) is -0.492. The summed E-state index contributed by atoms with van der Waals surface area (Å²) in [5.41, 5.74) is -0.909. The number of hydrogen-bond donors (Lipinski definition) is 2. The smallest absolute Gasteiger partial charge is 0.261 e. The Kier molecular flexibility index (Phi) is 3.83. The lowest BCUT2D eigenvalue weighted by Gasteiger charge is -2.20. The number of carbonyl (C=O) groups excluding carboxylic acids is 2. The van der Waals surface area contributed by atoms with E-state index in [1.54, 1.807) is 42.5 Å². The van der Waals surface area contributed by atoms with Gasteiger partial charge in [-0.2, -0.15) is 0 Å². The van der Waals surface area contributed by atoms with Gasteiger partial charge in [-0.25, -0.2) is 0 Å². The lowest BCUT2D eigenvalue weighted by Crippen LogP contribution is -2.36. The zero-order chi connectivity index (χ0) is 16.6. The van der Waals surface area contributed by atoms with Crippen molar-refractivity contribution >= 4 is 29.0 Å². The largest absolute Gasteiger partial charge is 0.497 e. The molecule has 3 rings (SSSR count). The first-order chi connectivity index (χ1) is 11.0. The number of fused-ring (bicyclic) bond motifs is 1. The SMILES string of the molecule is COc1cccc(C(=O)CC2(O)C(=O)Nc3c(Cl)cccc32)c1. The highest BCUT2D eigenvalue weighted by Gasteiger charge is 2.47. The first kappa shape index (κ1) is 15.5. The maximum atomic E-state index is 12.5. The summed E-state index contributed by atoms with van der Waals surface area (Å²) in [6.07, 6.45) is -0.376. The van der Waals surface area contributed by atoms with Crippen molar-refractivity contribution in [2.45, 2.75) is 12.0 Å². The minimum atomic E-state index is -1.93. The molecule has 2 aromatic rings. The second-order valence-corrected chi connectivity index (χ2v) is 5.72. The third-order valence-corrected chi connectivity index (χ3v) is 4.20. The number of ether oxygens (including phenoxy) is 1. The number of para-hydroxylation sites is 1. The third kappa shape index (κ3) is 2.58. The lowest BCUT2D eigenvalue weighted by molar-refractivity contribution is -0.133. The van der Waals surface area contributed by atoms with E-state index in [-0.39, 0.29) is 12.2 Å². The number of anilines is 1. The third-order valence-electron chi connectivity index (χ3n) is 3.88. The number of methoxy groups -OCH3 is 1. The van der Waals surface area contributed by atoms with Gasteiger partial charge in [0.15, 0.2) is 11.4 Å². The predicted molar refractivity (Wildman–Crippen MR) is 85.9 cm³/mol. The molecule has 0 spiro atoms. The van der Waals surface area contributed by atoms with E-state index < -0.39 is 11.5 Å². The van der Waals surface area contributed by atoms with Gasteiger partial charge < -0.3 is 15.2 Å². The number of aliphatic hydroxyl groups is 1. The van der Waals surface area contributed by atoms with Gasteiger partial charge >= 0.3 is 0 Å². The summed E-state index contributed by atoms with van der Waals surface area (Å²) in [5, 5.41) is 13.6. The van der Waals surface area contributed by atoms with Crippen molar-refractivity contribution in [3.63, 3.8) is 0 Å². The highest BCUT2D eigenvalue weighted by Crippen LogP contribution is 2.42. The molecular formula is C17H14ClNO4. The van der Waals surface area contributed by atoms with Gasteiger partial charge in [0, 0.05) is 11.1 Å². The Morgan fingerprint density at radius 3 is 2.78 bits per heavy atom. The molecule has 0 saturated heterocycles. The summed E-state index contributed by atoms with van der Waals surface area (Å²) in [4.78, 5) is 24.7. The van der Waals surface area contributed by atoms with Crippen LogP contribution in [0.5, 0.6) is 5.75 Å². The number of nitrogens with one attached hydrogen (secondary N) is 1. The molecule has 1 aliphatic rings. The van der Waals surface area contributed by atoms with Gasteiger partial charge in [-0.05, 0) is 18.2 Å². The molecule has 0 aromatic heterocycles. The number of Topliss-reactive ketones (excluding diaryl/α,β-unsaturated/α-hetero) is 1. The number of hydrogen-bond acceptors (Lipinski definition) is 4. The van der Waals surface area contributed by atoms with E-state index >= 15 is 0 Å². The summed E-state index contributed by atoms with van der Waals surface area (Å²) < 4.78 is 5.08. The minimum Gasteiger partial charge on any atom is -0.497 e. The number of ketones is 1. The number of carbonyl (C=O) groups is 2. The van der Waals surface area contributed by atoms with E-state index in [0.717, 1.165) is 0 Å². The monoisotopic (exact) mass is 331 g/mol. The summed E-state index contributed by atoms with van der Waals surface area (Å²) in [6.45, 7) is 0. The molecule has 0 aliphatic carbocycles. The van der Waals surface area contributed by atoms with Crippen LogP contribution in [0.1, 0.15) is 22.3 Å². The van der Waals surface area contributed by atoms with Crippen LogP contribution in [0.4, 0.5) is 5.69 Å². The van der Waals surface area contributed by atoms with Crippen LogP contribution in [0.15, 0.2) is 42.5 Å². The van der Waals surface area contributed by atoms with Crippen molar-refractivity contribution < 1.29 is 19.4 Å². The van der Waals surface area contributed by atoms with Crippen LogP contribution < -0.4 is 10.1 Å².